The summed E-state index contributed by atoms with van der Waals surface area (Å²) in [6.07, 6.45) is 0.990. The van der Waals surface area contributed by atoms with Gasteiger partial charge < -0.3 is 10.1 Å². The summed E-state index contributed by atoms with van der Waals surface area (Å²) in [5.74, 6) is -0.0131. The third kappa shape index (κ3) is 6.62. The molecule has 0 bridgehead atoms. The number of rotatable bonds is 9. The average Bonchev–Trinajstić information content (AvgIpc) is 2.78. The van der Waals surface area contributed by atoms with Crippen molar-refractivity contribution in [3.8, 4) is 5.75 Å². The van der Waals surface area contributed by atoms with Crippen LogP contribution in [0.2, 0.25) is 5.02 Å². The maximum Gasteiger partial charge on any atom is 0.261 e. The molecule has 0 aliphatic heterocycles. The van der Waals surface area contributed by atoms with Crippen molar-refractivity contribution >= 4 is 54.6 Å². The number of benzene rings is 3. The van der Waals surface area contributed by atoms with Crippen molar-refractivity contribution in [2.45, 2.75) is 4.90 Å². The summed E-state index contributed by atoms with van der Waals surface area (Å²) in [5.41, 5.74) is 0.951. The summed E-state index contributed by atoms with van der Waals surface area (Å²) in [6, 6.07) is 17.9. The van der Waals surface area contributed by atoms with Gasteiger partial charge in [0.25, 0.3) is 10.0 Å². The summed E-state index contributed by atoms with van der Waals surface area (Å²) in [4.78, 5) is 12.5. The van der Waals surface area contributed by atoms with Gasteiger partial charge in [0.15, 0.2) is 0 Å². The highest BCUT2D eigenvalue weighted by Gasteiger charge is 2.21. The zero-order chi connectivity index (χ0) is 24.9. The fourth-order valence-electron chi connectivity index (χ4n) is 2.93. The number of sulfonamides is 2. The van der Waals surface area contributed by atoms with E-state index in [4.69, 9.17) is 16.3 Å². The number of halogens is 1. The summed E-state index contributed by atoms with van der Waals surface area (Å²) < 4.78 is 58.0. The monoisotopic (exact) mass is 523 g/mol. The molecular weight excluding hydrogens is 502 g/mol. The number of hydrogen-bond acceptors (Lipinski definition) is 6. The Kier molecular flexibility index (Phi) is 7.70. The molecule has 2 N–H and O–H groups in total. The van der Waals surface area contributed by atoms with Crippen LogP contribution in [0.1, 0.15) is 0 Å². The third-order valence-electron chi connectivity index (χ3n) is 4.59. The molecule has 3 rings (SSSR count). The van der Waals surface area contributed by atoms with Crippen LogP contribution in [0.25, 0.3) is 0 Å². The van der Waals surface area contributed by atoms with Gasteiger partial charge in [0.1, 0.15) is 12.3 Å². The molecule has 1 amide bonds. The van der Waals surface area contributed by atoms with E-state index in [0.29, 0.717) is 22.1 Å². The first-order chi connectivity index (χ1) is 16.0. The van der Waals surface area contributed by atoms with Crippen LogP contribution in [-0.2, 0) is 24.8 Å². The van der Waals surface area contributed by atoms with Crippen molar-refractivity contribution in [2.75, 3.05) is 34.3 Å². The van der Waals surface area contributed by atoms with E-state index in [2.05, 4.69) is 10.0 Å². The first-order valence-corrected chi connectivity index (χ1v) is 13.5. The molecule has 0 saturated heterocycles. The molecule has 0 unspecified atom stereocenters. The highest BCUT2D eigenvalue weighted by atomic mass is 35.5. The molecule has 0 aliphatic carbocycles. The molecule has 9 nitrogen and oxygen atoms in total. The first kappa shape index (κ1) is 25.3. The second-order valence-electron chi connectivity index (χ2n) is 7.15. The van der Waals surface area contributed by atoms with E-state index in [9.17, 15) is 21.6 Å². The predicted octanol–water partition coefficient (Wildman–Crippen LogP) is 3.55. The minimum Gasteiger partial charge on any atom is -0.497 e. The number of hydrogen-bond donors (Lipinski definition) is 2. The quantitative estimate of drug-likeness (QED) is 0.442. The van der Waals surface area contributed by atoms with E-state index in [1.165, 1.54) is 55.6 Å². The van der Waals surface area contributed by atoms with Gasteiger partial charge in [-0.05, 0) is 72.8 Å². The standard InChI is InChI=1S/C22H22ClN3O6S2/c1-32-20-11-5-18(6-12-20)25-34(30,31)21-13-7-17(8-14-21)24-22(27)15-26(33(2,28)29)19-9-3-16(23)4-10-19/h3-14,25H,15H2,1-2H3,(H,24,27). The van der Waals surface area contributed by atoms with E-state index in [0.717, 1.165) is 10.6 Å². The Balaban J connectivity index is 1.69. The highest BCUT2D eigenvalue weighted by molar-refractivity contribution is 7.92. The molecule has 34 heavy (non-hydrogen) atoms. The number of nitrogens with one attached hydrogen (secondary N) is 2. The summed E-state index contributed by atoms with van der Waals surface area (Å²) in [7, 11) is -6.09. The lowest BCUT2D eigenvalue weighted by molar-refractivity contribution is -0.114. The second-order valence-corrected chi connectivity index (χ2v) is 11.2. The predicted molar refractivity (Wildman–Crippen MR) is 133 cm³/mol. The molecule has 3 aromatic carbocycles. The van der Waals surface area contributed by atoms with Crippen molar-refractivity contribution in [3.63, 3.8) is 0 Å². The van der Waals surface area contributed by atoms with Crippen molar-refractivity contribution in [3.05, 3.63) is 77.8 Å². The fraction of sp³-hybridized carbons (Fsp3) is 0.136. The van der Waals surface area contributed by atoms with E-state index >= 15 is 0 Å². The van der Waals surface area contributed by atoms with Crippen LogP contribution in [0.5, 0.6) is 5.75 Å². The summed E-state index contributed by atoms with van der Waals surface area (Å²) in [6.45, 7) is -0.473. The summed E-state index contributed by atoms with van der Waals surface area (Å²) in [5, 5.41) is 3.00. The topological polar surface area (TPSA) is 122 Å². The Morgan fingerprint density at radius 1 is 0.882 bits per heavy atom. The van der Waals surface area contributed by atoms with Gasteiger partial charge in [-0.3, -0.25) is 13.8 Å². The molecule has 180 valence electrons. The number of methoxy groups -OCH3 is 1. The van der Waals surface area contributed by atoms with Crippen molar-refractivity contribution in [1.82, 2.24) is 0 Å². The zero-order valence-corrected chi connectivity index (χ0v) is 20.6. The number of carbonyl (C=O) groups excluding carboxylic acids is 1. The first-order valence-electron chi connectivity index (χ1n) is 9.78. The van der Waals surface area contributed by atoms with Crippen LogP contribution in [-0.4, -0.2) is 42.7 Å². The van der Waals surface area contributed by atoms with Crippen molar-refractivity contribution < 1.29 is 26.4 Å². The Bertz CT molecular complexity index is 1360. The van der Waals surface area contributed by atoms with Gasteiger partial charge in [-0.15, -0.1) is 0 Å². The number of amides is 1. The number of carbonyl (C=O) groups is 1. The van der Waals surface area contributed by atoms with Gasteiger partial charge in [-0.25, -0.2) is 16.8 Å². The summed E-state index contributed by atoms with van der Waals surface area (Å²) >= 11 is 5.85. The van der Waals surface area contributed by atoms with E-state index in [1.807, 2.05) is 0 Å². The zero-order valence-electron chi connectivity index (χ0n) is 18.2. The van der Waals surface area contributed by atoms with Gasteiger partial charge in [-0.2, -0.15) is 0 Å². The van der Waals surface area contributed by atoms with Crippen LogP contribution < -0.4 is 19.1 Å². The molecule has 0 heterocycles. The minimum atomic E-state index is -3.86. The van der Waals surface area contributed by atoms with Gasteiger partial charge in [0, 0.05) is 16.4 Å². The molecule has 0 atom stereocenters. The van der Waals surface area contributed by atoms with Crippen LogP contribution in [0, 0.1) is 0 Å². The van der Waals surface area contributed by atoms with Gasteiger partial charge >= 0.3 is 0 Å². The van der Waals surface area contributed by atoms with Crippen LogP contribution in [0.4, 0.5) is 17.1 Å². The lowest BCUT2D eigenvalue weighted by Crippen LogP contribution is -2.37. The maximum atomic E-state index is 12.6. The molecule has 0 fully saturated rings. The SMILES string of the molecule is COc1ccc(NS(=O)(=O)c2ccc(NC(=O)CN(c3ccc(Cl)cc3)S(C)(=O)=O)cc2)cc1. The molecule has 0 spiro atoms. The number of anilines is 3. The van der Waals surface area contributed by atoms with Crippen LogP contribution in [0.3, 0.4) is 0 Å². The Morgan fingerprint density at radius 2 is 1.44 bits per heavy atom. The smallest absolute Gasteiger partial charge is 0.261 e. The molecule has 0 radical (unpaired) electrons. The van der Waals surface area contributed by atoms with Gasteiger partial charge in [0.2, 0.25) is 15.9 Å². The van der Waals surface area contributed by atoms with Crippen LogP contribution >= 0.6 is 11.6 Å². The largest absolute Gasteiger partial charge is 0.497 e. The lowest BCUT2D eigenvalue weighted by atomic mass is 10.3. The van der Waals surface area contributed by atoms with Gasteiger partial charge in [-0.1, -0.05) is 11.6 Å². The van der Waals surface area contributed by atoms with Crippen LogP contribution in [0.15, 0.2) is 77.7 Å². The Labute approximate surface area is 203 Å². The van der Waals surface area contributed by atoms with Crippen molar-refractivity contribution in [1.29, 1.82) is 0 Å². The Morgan fingerprint density at radius 3 is 1.97 bits per heavy atom. The highest BCUT2D eigenvalue weighted by Crippen LogP contribution is 2.22. The second kappa shape index (κ2) is 10.3. The molecule has 0 aliphatic rings. The van der Waals surface area contributed by atoms with E-state index < -0.39 is 32.5 Å². The Hall–Kier alpha value is -3.28. The molecule has 3 aromatic rings. The number of ether oxygens (including phenoxy) is 1. The molecule has 12 heteroatoms. The lowest BCUT2D eigenvalue weighted by Gasteiger charge is -2.22. The number of nitrogens with zero attached hydrogens (tertiary/aromatic N) is 1. The maximum absolute atomic E-state index is 12.6. The molecular formula is C22H22ClN3O6S2. The average molecular weight is 524 g/mol. The van der Waals surface area contributed by atoms with Gasteiger partial charge in [0.05, 0.1) is 23.9 Å². The fourth-order valence-corrected chi connectivity index (χ4v) is 4.97. The minimum absolute atomic E-state index is 0.0137. The molecule has 0 aromatic heterocycles. The van der Waals surface area contributed by atoms with Crippen molar-refractivity contribution in [2.24, 2.45) is 0 Å². The normalized spacial score (nSPS) is 11.5. The molecule has 0 saturated carbocycles. The van der Waals surface area contributed by atoms with E-state index in [-0.39, 0.29) is 10.6 Å². The van der Waals surface area contributed by atoms with E-state index in [1.54, 1.807) is 24.3 Å². The third-order valence-corrected chi connectivity index (χ3v) is 7.38.